The zero-order valence-corrected chi connectivity index (χ0v) is 9.68. The SMILES string of the molecule is Cc1ccc(N[C@H](C=O)Cc2cnc[nH]2)cc1. The zero-order valence-electron chi connectivity index (χ0n) is 9.68. The molecule has 0 saturated carbocycles. The van der Waals surface area contributed by atoms with Crippen molar-refractivity contribution in [3.63, 3.8) is 0 Å². The molecule has 0 unspecified atom stereocenters. The molecule has 1 aromatic carbocycles. The second-order valence-electron chi connectivity index (χ2n) is 4.03. The van der Waals surface area contributed by atoms with Crippen molar-refractivity contribution in [3.8, 4) is 0 Å². The fraction of sp³-hybridized carbons (Fsp3) is 0.231. The number of rotatable bonds is 5. The standard InChI is InChI=1S/C13H15N3O/c1-10-2-4-11(5-3-10)16-13(8-17)6-12-7-14-9-15-12/h2-5,7-9,13,16H,6H2,1H3,(H,14,15)/t13-/m0/s1. The van der Waals surface area contributed by atoms with Crippen molar-refractivity contribution in [2.45, 2.75) is 19.4 Å². The van der Waals surface area contributed by atoms with Crippen LogP contribution in [0.5, 0.6) is 0 Å². The summed E-state index contributed by atoms with van der Waals surface area (Å²) in [5.41, 5.74) is 3.10. The van der Waals surface area contributed by atoms with Gasteiger partial charge in [-0.2, -0.15) is 0 Å². The zero-order chi connectivity index (χ0) is 12.1. The summed E-state index contributed by atoms with van der Waals surface area (Å²) in [4.78, 5) is 17.9. The molecule has 0 radical (unpaired) electrons. The molecule has 0 amide bonds. The van der Waals surface area contributed by atoms with Crippen molar-refractivity contribution in [1.29, 1.82) is 0 Å². The van der Waals surface area contributed by atoms with Crippen molar-refractivity contribution >= 4 is 12.0 Å². The third kappa shape index (κ3) is 3.17. The molecule has 4 nitrogen and oxygen atoms in total. The summed E-state index contributed by atoms with van der Waals surface area (Å²) in [5, 5.41) is 3.18. The Kier molecular flexibility index (Phi) is 3.55. The van der Waals surface area contributed by atoms with E-state index >= 15 is 0 Å². The predicted molar refractivity (Wildman–Crippen MR) is 66.9 cm³/mol. The number of imidazole rings is 1. The smallest absolute Gasteiger partial charge is 0.142 e. The summed E-state index contributed by atoms with van der Waals surface area (Å²) < 4.78 is 0. The molecule has 4 heteroatoms. The highest BCUT2D eigenvalue weighted by Crippen LogP contribution is 2.11. The second kappa shape index (κ2) is 5.30. The molecule has 1 atom stereocenters. The van der Waals surface area contributed by atoms with E-state index in [2.05, 4.69) is 15.3 Å². The van der Waals surface area contributed by atoms with E-state index in [-0.39, 0.29) is 6.04 Å². The number of nitrogens with one attached hydrogen (secondary N) is 2. The van der Waals surface area contributed by atoms with Gasteiger partial charge in [-0.15, -0.1) is 0 Å². The number of aromatic nitrogens is 2. The van der Waals surface area contributed by atoms with E-state index in [0.717, 1.165) is 17.7 Å². The largest absolute Gasteiger partial charge is 0.375 e. The van der Waals surface area contributed by atoms with Gasteiger partial charge in [-0.1, -0.05) is 17.7 Å². The number of hydrogen-bond donors (Lipinski definition) is 2. The van der Waals surface area contributed by atoms with Crippen molar-refractivity contribution in [2.24, 2.45) is 0 Å². The predicted octanol–water partition coefficient (Wildman–Crippen LogP) is 1.94. The number of carbonyl (C=O) groups excluding carboxylic acids is 1. The number of aromatic amines is 1. The van der Waals surface area contributed by atoms with Gasteiger partial charge in [-0.05, 0) is 19.1 Å². The Hall–Kier alpha value is -2.10. The van der Waals surface area contributed by atoms with Crippen LogP contribution in [-0.4, -0.2) is 22.3 Å². The van der Waals surface area contributed by atoms with Crippen molar-refractivity contribution < 1.29 is 4.79 Å². The third-order valence-corrected chi connectivity index (χ3v) is 2.56. The van der Waals surface area contributed by atoms with Crippen LogP contribution < -0.4 is 5.32 Å². The summed E-state index contributed by atoms with van der Waals surface area (Å²) >= 11 is 0. The summed E-state index contributed by atoms with van der Waals surface area (Å²) in [6.45, 7) is 2.03. The van der Waals surface area contributed by atoms with Crippen molar-refractivity contribution in [3.05, 3.63) is 48.0 Å². The number of aldehydes is 1. The van der Waals surface area contributed by atoms with Gasteiger partial charge in [0, 0.05) is 24.0 Å². The van der Waals surface area contributed by atoms with Gasteiger partial charge in [0.05, 0.1) is 12.4 Å². The second-order valence-corrected chi connectivity index (χ2v) is 4.03. The Balaban J connectivity index is 2.00. The Labute approximate surface area is 100 Å². The molecule has 1 aromatic heterocycles. The molecule has 0 bridgehead atoms. The normalized spacial score (nSPS) is 12.1. The highest BCUT2D eigenvalue weighted by atomic mass is 16.1. The third-order valence-electron chi connectivity index (χ3n) is 2.56. The van der Waals surface area contributed by atoms with Crippen LogP contribution in [-0.2, 0) is 11.2 Å². The van der Waals surface area contributed by atoms with Gasteiger partial charge in [-0.25, -0.2) is 4.98 Å². The molecule has 0 saturated heterocycles. The van der Waals surface area contributed by atoms with E-state index in [4.69, 9.17) is 0 Å². The molecule has 17 heavy (non-hydrogen) atoms. The lowest BCUT2D eigenvalue weighted by molar-refractivity contribution is -0.108. The van der Waals surface area contributed by atoms with E-state index in [0.29, 0.717) is 6.42 Å². The lowest BCUT2D eigenvalue weighted by atomic mass is 10.1. The Bertz CT molecular complexity index is 462. The molecule has 2 N–H and O–H groups in total. The molecule has 0 aliphatic rings. The maximum Gasteiger partial charge on any atom is 0.142 e. The van der Waals surface area contributed by atoms with Gasteiger partial charge in [0.2, 0.25) is 0 Å². The number of H-pyrrole nitrogens is 1. The first-order chi connectivity index (χ1) is 8.28. The van der Waals surface area contributed by atoms with E-state index in [9.17, 15) is 4.79 Å². The number of carbonyl (C=O) groups is 1. The average molecular weight is 229 g/mol. The van der Waals surface area contributed by atoms with Gasteiger partial charge < -0.3 is 15.1 Å². The first-order valence-electron chi connectivity index (χ1n) is 5.53. The first kappa shape index (κ1) is 11.4. The number of anilines is 1. The highest BCUT2D eigenvalue weighted by molar-refractivity contribution is 5.65. The lowest BCUT2D eigenvalue weighted by Crippen LogP contribution is -2.23. The molecular formula is C13H15N3O. The fourth-order valence-electron chi connectivity index (χ4n) is 1.63. The van der Waals surface area contributed by atoms with Gasteiger partial charge in [0.1, 0.15) is 6.29 Å². The van der Waals surface area contributed by atoms with E-state index < -0.39 is 0 Å². The molecule has 0 aliphatic heterocycles. The first-order valence-corrected chi connectivity index (χ1v) is 5.53. The van der Waals surface area contributed by atoms with Crippen LogP contribution >= 0.6 is 0 Å². The van der Waals surface area contributed by atoms with E-state index in [1.807, 2.05) is 31.2 Å². The van der Waals surface area contributed by atoms with Gasteiger partial charge in [0.15, 0.2) is 0 Å². The Morgan fingerprint density at radius 2 is 2.18 bits per heavy atom. The molecule has 2 aromatic rings. The summed E-state index contributed by atoms with van der Waals surface area (Å²) in [7, 11) is 0. The number of nitrogens with zero attached hydrogens (tertiary/aromatic N) is 1. The number of benzene rings is 1. The maximum absolute atomic E-state index is 11.0. The van der Waals surface area contributed by atoms with Gasteiger partial charge in [-0.3, -0.25) is 0 Å². The van der Waals surface area contributed by atoms with Crippen molar-refractivity contribution in [2.75, 3.05) is 5.32 Å². The van der Waals surface area contributed by atoms with Crippen LogP contribution in [0.1, 0.15) is 11.3 Å². The van der Waals surface area contributed by atoms with Crippen molar-refractivity contribution in [1.82, 2.24) is 9.97 Å². The minimum Gasteiger partial charge on any atom is -0.375 e. The maximum atomic E-state index is 11.0. The fourth-order valence-corrected chi connectivity index (χ4v) is 1.63. The monoisotopic (exact) mass is 229 g/mol. The number of aryl methyl sites for hydroxylation is 1. The molecule has 0 aliphatic carbocycles. The molecular weight excluding hydrogens is 214 g/mol. The Morgan fingerprint density at radius 1 is 1.41 bits per heavy atom. The van der Waals surface area contributed by atoms with Crippen LogP contribution in [0, 0.1) is 6.92 Å². The van der Waals surface area contributed by atoms with E-state index in [1.54, 1.807) is 12.5 Å². The minimum atomic E-state index is -0.238. The van der Waals surface area contributed by atoms with Crippen LogP contribution in [0.3, 0.4) is 0 Å². The van der Waals surface area contributed by atoms with Crippen LogP contribution in [0.2, 0.25) is 0 Å². The Morgan fingerprint density at radius 3 is 2.76 bits per heavy atom. The van der Waals surface area contributed by atoms with Crippen LogP contribution in [0.15, 0.2) is 36.8 Å². The van der Waals surface area contributed by atoms with Crippen LogP contribution in [0.25, 0.3) is 0 Å². The molecule has 0 fully saturated rings. The minimum absolute atomic E-state index is 0.238. The quantitative estimate of drug-likeness (QED) is 0.770. The molecule has 88 valence electrons. The summed E-state index contributed by atoms with van der Waals surface area (Å²) in [5.74, 6) is 0. The molecule has 2 rings (SSSR count). The van der Waals surface area contributed by atoms with Gasteiger partial charge in [0.25, 0.3) is 0 Å². The number of hydrogen-bond acceptors (Lipinski definition) is 3. The molecule has 1 heterocycles. The summed E-state index contributed by atoms with van der Waals surface area (Å²) in [6, 6.07) is 7.73. The molecule has 0 spiro atoms. The van der Waals surface area contributed by atoms with Crippen LogP contribution in [0.4, 0.5) is 5.69 Å². The average Bonchev–Trinajstić information content (AvgIpc) is 2.84. The highest BCUT2D eigenvalue weighted by Gasteiger charge is 2.08. The summed E-state index contributed by atoms with van der Waals surface area (Å²) in [6.07, 6.45) is 4.87. The van der Waals surface area contributed by atoms with E-state index in [1.165, 1.54) is 5.56 Å². The lowest BCUT2D eigenvalue weighted by Gasteiger charge is -2.13. The topological polar surface area (TPSA) is 57.8 Å². The van der Waals surface area contributed by atoms with Gasteiger partial charge >= 0.3 is 0 Å².